The first-order valence-corrected chi connectivity index (χ1v) is 9.99. The van der Waals surface area contributed by atoms with Gasteiger partial charge in [0.15, 0.2) is 9.84 Å². The molecule has 0 radical (unpaired) electrons. The molecule has 9 heteroatoms. The Morgan fingerprint density at radius 1 is 1.15 bits per heavy atom. The van der Waals surface area contributed by atoms with Gasteiger partial charge >= 0.3 is 0 Å². The van der Waals surface area contributed by atoms with Crippen molar-refractivity contribution in [3.8, 4) is 11.3 Å². The molecule has 1 aromatic carbocycles. The molecule has 1 aliphatic heterocycles. The van der Waals surface area contributed by atoms with Crippen LogP contribution in [-0.2, 0) is 19.4 Å². The van der Waals surface area contributed by atoms with Crippen LogP contribution < -0.4 is 10.9 Å². The van der Waals surface area contributed by atoms with Crippen LogP contribution in [0.3, 0.4) is 0 Å². The molecule has 0 unspecified atom stereocenters. The topological polar surface area (TPSA) is 105 Å². The first-order chi connectivity index (χ1) is 12.8. The summed E-state index contributed by atoms with van der Waals surface area (Å²) in [7, 11) is -3.18. The second-order valence-corrected chi connectivity index (χ2v) is 8.32. The van der Waals surface area contributed by atoms with E-state index in [2.05, 4.69) is 10.9 Å². The number of hydrogen-bond acceptors (Lipinski definition) is 5. The van der Waals surface area contributed by atoms with Crippen molar-refractivity contribution in [3.05, 3.63) is 54.1 Å². The minimum Gasteiger partial charge on any atom is -0.457 e. The van der Waals surface area contributed by atoms with Gasteiger partial charge in [-0.2, -0.15) is 0 Å². The molecular formula is C18H17FN2O5S. The Morgan fingerprint density at radius 2 is 1.93 bits per heavy atom. The van der Waals surface area contributed by atoms with Crippen LogP contribution in [0.4, 0.5) is 4.39 Å². The van der Waals surface area contributed by atoms with Gasteiger partial charge in [0.25, 0.3) is 5.91 Å². The quantitative estimate of drug-likeness (QED) is 0.608. The van der Waals surface area contributed by atoms with Crippen molar-refractivity contribution in [1.29, 1.82) is 0 Å². The molecule has 7 nitrogen and oxygen atoms in total. The molecule has 3 rings (SSSR count). The largest absolute Gasteiger partial charge is 0.457 e. The molecule has 142 valence electrons. The summed E-state index contributed by atoms with van der Waals surface area (Å²) in [6.07, 6.45) is 2.74. The van der Waals surface area contributed by atoms with E-state index in [1.807, 2.05) is 0 Å². The Labute approximate surface area is 155 Å². The highest BCUT2D eigenvalue weighted by Gasteiger charge is 2.32. The summed E-state index contributed by atoms with van der Waals surface area (Å²) in [6.45, 7) is 0. The van der Waals surface area contributed by atoms with Gasteiger partial charge in [0.1, 0.15) is 17.3 Å². The molecule has 0 bridgehead atoms. The number of carbonyl (C=O) groups is 2. The second kappa shape index (κ2) is 7.75. The fraction of sp³-hybridized carbons (Fsp3) is 0.222. The highest BCUT2D eigenvalue weighted by Crippen LogP contribution is 2.25. The van der Waals surface area contributed by atoms with Crippen LogP contribution >= 0.6 is 0 Å². The molecule has 0 saturated carbocycles. The fourth-order valence-electron chi connectivity index (χ4n) is 2.67. The normalized spacial score (nSPS) is 18.5. The Balaban J connectivity index is 1.53. The van der Waals surface area contributed by atoms with Gasteiger partial charge in [0, 0.05) is 6.08 Å². The van der Waals surface area contributed by atoms with Crippen LogP contribution in [0.25, 0.3) is 17.4 Å². The maximum atomic E-state index is 13.7. The number of sulfone groups is 1. The standard InChI is InChI=1S/C18H17FN2O5S/c19-15-4-2-1-3-14(15)16-7-5-13(26-16)6-8-17(22)20-21-18(23)12-9-10-27(24,25)11-12/h1-8,12H,9-11H2,(H,20,22)(H,21,23)/b8-6+/t12-/m0/s1. The third-order valence-electron chi connectivity index (χ3n) is 4.08. The van der Waals surface area contributed by atoms with Crippen LogP contribution in [0.15, 0.2) is 46.9 Å². The number of benzene rings is 1. The number of carbonyl (C=O) groups excluding carboxylic acids is 2. The first-order valence-electron chi connectivity index (χ1n) is 8.17. The second-order valence-electron chi connectivity index (χ2n) is 6.09. The van der Waals surface area contributed by atoms with E-state index in [4.69, 9.17) is 4.42 Å². The molecule has 1 saturated heterocycles. The highest BCUT2D eigenvalue weighted by molar-refractivity contribution is 7.91. The van der Waals surface area contributed by atoms with Crippen LogP contribution in [-0.4, -0.2) is 31.7 Å². The SMILES string of the molecule is O=C(/C=C/c1ccc(-c2ccccc2F)o1)NNC(=O)[C@H]1CCS(=O)(=O)C1. The Hall–Kier alpha value is -2.94. The highest BCUT2D eigenvalue weighted by atomic mass is 32.2. The molecule has 27 heavy (non-hydrogen) atoms. The summed E-state index contributed by atoms with van der Waals surface area (Å²) < 4.78 is 41.9. The van der Waals surface area contributed by atoms with Gasteiger partial charge in [-0.25, -0.2) is 12.8 Å². The van der Waals surface area contributed by atoms with Gasteiger partial charge in [0.2, 0.25) is 5.91 Å². The van der Waals surface area contributed by atoms with Crippen molar-refractivity contribution in [2.75, 3.05) is 11.5 Å². The third kappa shape index (κ3) is 4.82. The summed E-state index contributed by atoms with van der Waals surface area (Å²) in [5.41, 5.74) is 4.69. The van der Waals surface area contributed by atoms with Gasteiger partial charge < -0.3 is 4.42 Å². The first kappa shape index (κ1) is 18.8. The van der Waals surface area contributed by atoms with Gasteiger partial charge in [-0.1, -0.05) is 12.1 Å². The van der Waals surface area contributed by atoms with E-state index >= 15 is 0 Å². The Kier molecular flexibility index (Phi) is 5.41. The summed E-state index contributed by atoms with van der Waals surface area (Å²) in [4.78, 5) is 23.6. The number of rotatable bonds is 4. The monoisotopic (exact) mass is 392 g/mol. The average Bonchev–Trinajstić information content (AvgIpc) is 3.24. The number of furan rings is 1. The lowest BCUT2D eigenvalue weighted by molar-refractivity contribution is -0.129. The van der Waals surface area contributed by atoms with Crippen molar-refractivity contribution >= 4 is 27.7 Å². The van der Waals surface area contributed by atoms with Crippen molar-refractivity contribution in [3.63, 3.8) is 0 Å². The fourth-order valence-corrected chi connectivity index (χ4v) is 4.42. The van der Waals surface area contributed by atoms with Crippen molar-refractivity contribution in [2.24, 2.45) is 5.92 Å². The number of nitrogens with one attached hydrogen (secondary N) is 2. The van der Waals surface area contributed by atoms with E-state index < -0.39 is 33.4 Å². The predicted molar refractivity (Wildman–Crippen MR) is 96.2 cm³/mol. The zero-order valence-electron chi connectivity index (χ0n) is 14.1. The zero-order valence-corrected chi connectivity index (χ0v) is 15.0. The van der Waals surface area contributed by atoms with E-state index in [0.29, 0.717) is 17.1 Å². The molecule has 1 fully saturated rings. The lowest BCUT2D eigenvalue weighted by atomic mass is 10.1. The molecule has 0 spiro atoms. The molecule has 0 aliphatic carbocycles. The van der Waals surface area contributed by atoms with Gasteiger partial charge in [-0.3, -0.25) is 20.4 Å². The van der Waals surface area contributed by atoms with Crippen molar-refractivity contribution in [2.45, 2.75) is 6.42 Å². The minimum atomic E-state index is -3.18. The van der Waals surface area contributed by atoms with E-state index in [1.165, 1.54) is 12.1 Å². The Morgan fingerprint density at radius 3 is 2.63 bits per heavy atom. The lowest BCUT2D eigenvalue weighted by Crippen LogP contribution is -2.44. The lowest BCUT2D eigenvalue weighted by Gasteiger charge is -2.09. The zero-order chi connectivity index (χ0) is 19.4. The summed E-state index contributed by atoms with van der Waals surface area (Å²) >= 11 is 0. The summed E-state index contributed by atoms with van der Waals surface area (Å²) in [5.74, 6) is -1.83. The number of hydrazine groups is 1. The average molecular weight is 392 g/mol. The summed E-state index contributed by atoms with van der Waals surface area (Å²) in [6, 6.07) is 9.31. The molecule has 2 N–H and O–H groups in total. The number of amides is 2. The molecule has 1 aromatic heterocycles. The van der Waals surface area contributed by atoms with Crippen LogP contribution in [0, 0.1) is 11.7 Å². The molecular weight excluding hydrogens is 375 g/mol. The maximum absolute atomic E-state index is 13.7. The molecule has 1 atom stereocenters. The van der Waals surface area contributed by atoms with Gasteiger partial charge in [-0.05, 0) is 36.8 Å². The van der Waals surface area contributed by atoms with E-state index in [0.717, 1.165) is 6.08 Å². The third-order valence-corrected chi connectivity index (χ3v) is 5.85. The maximum Gasteiger partial charge on any atom is 0.262 e. The van der Waals surface area contributed by atoms with Gasteiger partial charge in [0.05, 0.1) is 23.0 Å². The molecule has 2 heterocycles. The predicted octanol–water partition coefficient (Wildman–Crippen LogP) is 1.68. The van der Waals surface area contributed by atoms with Crippen LogP contribution in [0.2, 0.25) is 0 Å². The number of hydrogen-bond donors (Lipinski definition) is 2. The van der Waals surface area contributed by atoms with E-state index in [-0.39, 0.29) is 17.9 Å². The summed E-state index contributed by atoms with van der Waals surface area (Å²) in [5, 5.41) is 0. The minimum absolute atomic E-state index is 0.0260. The van der Waals surface area contributed by atoms with Gasteiger partial charge in [-0.15, -0.1) is 0 Å². The van der Waals surface area contributed by atoms with Crippen LogP contribution in [0.1, 0.15) is 12.2 Å². The molecule has 2 amide bonds. The van der Waals surface area contributed by atoms with Crippen LogP contribution in [0.5, 0.6) is 0 Å². The smallest absolute Gasteiger partial charge is 0.262 e. The Bertz CT molecular complexity index is 997. The molecule has 1 aliphatic rings. The van der Waals surface area contributed by atoms with Crippen molar-refractivity contribution < 1.29 is 26.8 Å². The van der Waals surface area contributed by atoms with E-state index in [9.17, 15) is 22.4 Å². The molecule has 2 aromatic rings. The number of halogens is 1. The van der Waals surface area contributed by atoms with E-state index in [1.54, 1.807) is 30.3 Å². The van der Waals surface area contributed by atoms with Crippen molar-refractivity contribution in [1.82, 2.24) is 10.9 Å².